The minimum Gasteiger partial charge on any atom is -0.484 e. The lowest BCUT2D eigenvalue weighted by Crippen LogP contribution is -2.20. The van der Waals surface area contributed by atoms with Crippen molar-refractivity contribution in [2.45, 2.75) is 26.2 Å². The summed E-state index contributed by atoms with van der Waals surface area (Å²) >= 11 is 12.2. The molecular weight excluding hydrogens is 447 g/mol. The summed E-state index contributed by atoms with van der Waals surface area (Å²) in [5.74, 6) is 1.27. The van der Waals surface area contributed by atoms with E-state index in [9.17, 15) is 4.79 Å². The number of amides is 1. The molecule has 1 aromatic heterocycles. The summed E-state index contributed by atoms with van der Waals surface area (Å²) in [7, 11) is 0. The molecule has 1 atom stereocenters. The van der Waals surface area contributed by atoms with Gasteiger partial charge in [-0.3, -0.25) is 4.79 Å². The molecule has 3 aromatic carbocycles. The molecule has 5 nitrogen and oxygen atoms in total. The van der Waals surface area contributed by atoms with E-state index in [1.54, 1.807) is 36.4 Å². The van der Waals surface area contributed by atoms with Gasteiger partial charge in [0.05, 0.1) is 10.6 Å². The second-order valence-corrected chi connectivity index (χ2v) is 8.38. The summed E-state index contributed by atoms with van der Waals surface area (Å²) in [6, 6.07) is 18.2. The van der Waals surface area contributed by atoms with Crippen LogP contribution in [0.15, 0.2) is 65.1 Å². The average molecular weight is 469 g/mol. The van der Waals surface area contributed by atoms with Crippen molar-refractivity contribution >= 4 is 45.9 Å². The highest BCUT2D eigenvalue weighted by atomic mass is 35.5. The number of carbonyl (C=O) groups excluding carboxylic acids is 1. The highest BCUT2D eigenvalue weighted by Gasteiger charge is 2.13. The Kier molecular flexibility index (Phi) is 6.68. The molecule has 0 aliphatic rings. The highest BCUT2D eigenvalue weighted by molar-refractivity contribution is 6.36. The van der Waals surface area contributed by atoms with Crippen molar-refractivity contribution in [1.29, 1.82) is 0 Å². The largest absolute Gasteiger partial charge is 0.484 e. The Morgan fingerprint density at radius 2 is 1.88 bits per heavy atom. The van der Waals surface area contributed by atoms with Gasteiger partial charge >= 0.3 is 0 Å². The number of rotatable bonds is 7. The number of fused-ring (bicyclic) bond motifs is 1. The van der Waals surface area contributed by atoms with Gasteiger partial charge in [0, 0.05) is 10.7 Å². The first-order valence-electron chi connectivity index (χ1n) is 10.3. The van der Waals surface area contributed by atoms with E-state index < -0.39 is 0 Å². The van der Waals surface area contributed by atoms with Gasteiger partial charge in [-0.15, -0.1) is 0 Å². The van der Waals surface area contributed by atoms with Crippen molar-refractivity contribution in [3.8, 4) is 17.2 Å². The Balaban J connectivity index is 1.41. The van der Waals surface area contributed by atoms with Crippen molar-refractivity contribution in [2.24, 2.45) is 0 Å². The molecule has 0 saturated carbocycles. The van der Waals surface area contributed by atoms with Gasteiger partial charge in [0.25, 0.3) is 5.91 Å². The molecule has 0 fully saturated rings. The lowest BCUT2D eigenvalue weighted by Gasteiger charge is -2.11. The Morgan fingerprint density at radius 1 is 1.09 bits per heavy atom. The summed E-state index contributed by atoms with van der Waals surface area (Å²) in [4.78, 5) is 16.8. The van der Waals surface area contributed by atoms with E-state index in [0.29, 0.717) is 50.0 Å². The number of nitrogens with zero attached hydrogens (tertiary/aromatic N) is 1. The number of aromatic nitrogens is 1. The van der Waals surface area contributed by atoms with Gasteiger partial charge in [-0.25, -0.2) is 4.98 Å². The normalized spacial score (nSPS) is 12.0. The number of hydrogen-bond acceptors (Lipinski definition) is 4. The fourth-order valence-electron chi connectivity index (χ4n) is 3.26. The number of ether oxygens (including phenoxy) is 1. The third-order valence-corrected chi connectivity index (χ3v) is 5.81. The zero-order valence-electron chi connectivity index (χ0n) is 17.7. The van der Waals surface area contributed by atoms with Crippen LogP contribution in [0.1, 0.15) is 31.7 Å². The first kappa shape index (κ1) is 22.2. The van der Waals surface area contributed by atoms with Crippen LogP contribution in [0.4, 0.5) is 5.69 Å². The maximum Gasteiger partial charge on any atom is 0.262 e. The van der Waals surface area contributed by atoms with E-state index in [1.807, 2.05) is 24.3 Å². The molecule has 1 unspecified atom stereocenters. The number of oxazole rings is 1. The predicted molar refractivity (Wildman–Crippen MR) is 129 cm³/mol. The molecule has 32 heavy (non-hydrogen) atoms. The monoisotopic (exact) mass is 468 g/mol. The van der Waals surface area contributed by atoms with Gasteiger partial charge in [-0.05, 0) is 66.4 Å². The molecular formula is C25H22Cl2N2O3. The van der Waals surface area contributed by atoms with Crippen LogP contribution in [0.2, 0.25) is 10.0 Å². The highest BCUT2D eigenvalue weighted by Crippen LogP contribution is 2.32. The number of halogens is 2. The molecule has 1 N–H and O–H groups in total. The number of anilines is 1. The Morgan fingerprint density at radius 3 is 2.59 bits per heavy atom. The maximum absolute atomic E-state index is 12.3. The topological polar surface area (TPSA) is 64.4 Å². The molecule has 0 aliphatic carbocycles. The molecule has 4 aromatic rings. The molecule has 0 aliphatic heterocycles. The molecule has 4 rings (SSSR count). The molecule has 1 heterocycles. The minimum atomic E-state index is -0.264. The second-order valence-electron chi connectivity index (χ2n) is 7.54. The molecule has 164 valence electrons. The van der Waals surface area contributed by atoms with Crippen molar-refractivity contribution in [3.63, 3.8) is 0 Å². The minimum absolute atomic E-state index is 0.0921. The molecule has 0 saturated heterocycles. The third-order valence-electron chi connectivity index (χ3n) is 5.26. The summed E-state index contributed by atoms with van der Waals surface area (Å²) in [5, 5.41) is 3.81. The van der Waals surface area contributed by atoms with Crippen LogP contribution in [0.5, 0.6) is 5.75 Å². The molecule has 0 radical (unpaired) electrons. The number of hydrogen-bond donors (Lipinski definition) is 1. The fourth-order valence-corrected chi connectivity index (χ4v) is 3.75. The zero-order chi connectivity index (χ0) is 22.7. The summed E-state index contributed by atoms with van der Waals surface area (Å²) in [6.45, 7) is 4.25. The molecule has 0 spiro atoms. The van der Waals surface area contributed by atoms with Crippen molar-refractivity contribution in [3.05, 3.63) is 76.3 Å². The van der Waals surface area contributed by atoms with Crippen LogP contribution in [-0.2, 0) is 4.79 Å². The van der Waals surface area contributed by atoms with Crippen molar-refractivity contribution in [1.82, 2.24) is 4.98 Å². The van der Waals surface area contributed by atoms with Crippen LogP contribution >= 0.6 is 23.2 Å². The van der Waals surface area contributed by atoms with Crippen LogP contribution in [0.3, 0.4) is 0 Å². The van der Waals surface area contributed by atoms with Crippen LogP contribution in [0.25, 0.3) is 22.6 Å². The van der Waals surface area contributed by atoms with Crippen LogP contribution < -0.4 is 10.1 Å². The van der Waals surface area contributed by atoms with Crippen LogP contribution in [0, 0.1) is 0 Å². The van der Waals surface area contributed by atoms with Gasteiger partial charge in [0.15, 0.2) is 12.2 Å². The quantitative estimate of drug-likeness (QED) is 0.308. The SMILES string of the molecule is CCC(C)c1ccc(OCC(=O)Nc2ccc3oc(-c4ccc(Cl)cc4Cl)nc3c2)cc1. The van der Waals surface area contributed by atoms with E-state index in [-0.39, 0.29) is 12.5 Å². The lowest BCUT2D eigenvalue weighted by atomic mass is 9.99. The van der Waals surface area contributed by atoms with Gasteiger partial charge in [0.2, 0.25) is 5.89 Å². The molecule has 0 bridgehead atoms. The molecule has 7 heteroatoms. The van der Waals surface area contributed by atoms with Crippen LogP contribution in [-0.4, -0.2) is 17.5 Å². The van der Waals surface area contributed by atoms with Gasteiger partial charge in [0.1, 0.15) is 11.3 Å². The van der Waals surface area contributed by atoms with E-state index in [4.69, 9.17) is 32.4 Å². The van der Waals surface area contributed by atoms with E-state index in [0.717, 1.165) is 6.42 Å². The predicted octanol–water partition coefficient (Wildman–Crippen LogP) is 7.33. The Labute approximate surface area is 196 Å². The number of benzene rings is 3. The Bertz CT molecular complexity index is 1250. The second kappa shape index (κ2) is 9.63. The number of nitrogens with one attached hydrogen (secondary N) is 1. The van der Waals surface area contributed by atoms with Crippen molar-refractivity contribution in [2.75, 3.05) is 11.9 Å². The summed E-state index contributed by atoms with van der Waals surface area (Å²) in [5.41, 5.74) is 3.68. The Hall–Kier alpha value is -3.02. The standard InChI is InChI=1S/C25H22Cl2N2O3/c1-3-15(2)16-4-8-19(9-5-16)31-14-24(30)28-18-7-11-23-22(13-18)29-25(32-23)20-10-6-17(26)12-21(20)27/h4-13,15H,3,14H2,1-2H3,(H,28,30). The summed E-state index contributed by atoms with van der Waals surface area (Å²) < 4.78 is 11.4. The zero-order valence-corrected chi connectivity index (χ0v) is 19.2. The van der Waals surface area contributed by atoms with E-state index in [2.05, 4.69) is 24.1 Å². The first-order chi connectivity index (χ1) is 15.4. The maximum atomic E-state index is 12.3. The van der Waals surface area contributed by atoms with Gasteiger partial charge in [-0.1, -0.05) is 49.2 Å². The van der Waals surface area contributed by atoms with E-state index in [1.165, 1.54) is 5.56 Å². The lowest BCUT2D eigenvalue weighted by molar-refractivity contribution is -0.118. The first-order valence-corrected chi connectivity index (χ1v) is 11.1. The third kappa shape index (κ3) is 5.06. The average Bonchev–Trinajstić information content (AvgIpc) is 3.20. The van der Waals surface area contributed by atoms with Crippen molar-refractivity contribution < 1.29 is 13.9 Å². The van der Waals surface area contributed by atoms with Gasteiger partial charge < -0.3 is 14.5 Å². The van der Waals surface area contributed by atoms with Gasteiger partial charge in [-0.2, -0.15) is 0 Å². The summed E-state index contributed by atoms with van der Waals surface area (Å²) in [6.07, 6.45) is 1.08. The van der Waals surface area contributed by atoms with E-state index >= 15 is 0 Å². The fraction of sp³-hybridized carbons (Fsp3) is 0.200. The smallest absolute Gasteiger partial charge is 0.262 e. The molecule has 1 amide bonds. The number of carbonyl (C=O) groups is 1.